The molecule has 0 aromatic heterocycles. The molecule has 3 rings (SSSR count). The average molecular weight is 504 g/mol. The number of carbonyl (C=O) groups excluding carboxylic acids is 1. The van der Waals surface area contributed by atoms with Crippen molar-refractivity contribution in [1.29, 1.82) is 5.26 Å². The minimum absolute atomic E-state index is 0.0540. The first-order valence-corrected chi connectivity index (χ1v) is 10.6. The van der Waals surface area contributed by atoms with Crippen LogP contribution >= 0.6 is 27.5 Å². The van der Waals surface area contributed by atoms with Crippen molar-refractivity contribution in [1.82, 2.24) is 0 Å². The molecule has 1 unspecified atom stereocenters. The zero-order chi connectivity index (χ0) is 22.5. The molecule has 0 radical (unpaired) electrons. The summed E-state index contributed by atoms with van der Waals surface area (Å²) in [6.45, 7) is 3.78. The van der Waals surface area contributed by atoms with Crippen molar-refractivity contribution < 1.29 is 19.0 Å². The molecular formula is C23H20BrClN2O4. The molecule has 0 aliphatic carbocycles. The maximum Gasteiger partial charge on any atom is 0.338 e. The highest BCUT2D eigenvalue weighted by atomic mass is 79.9. The second kappa shape index (κ2) is 9.90. The number of halogens is 2. The summed E-state index contributed by atoms with van der Waals surface area (Å²) in [4.78, 5) is 12.8. The summed E-state index contributed by atoms with van der Waals surface area (Å²) in [7, 11) is 0. The van der Waals surface area contributed by atoms with Crippen molar-refractivity contribution >= 4 is 33.5 Å². The number of hydrogen-bond donors (Lipinski definition) is 1. The van der Waals surface area contributed by atoms with E-state index in [1.165, 1.54) is 0 Å². The molecule has 0 spiro atoms. The predicted octanol–water partition coefficient (Wildman–Crippen LogP) is 5.33. The van der Waals surface area contributed by atoms with E-state index in [0.717, 1.165) is 10.0 Å². The smallest absolute Gasteiger partial charge is 0.338 e. The largest absolute Gasteiger partial charge is 0.489 e. The van der Waals surface area contributed by atoms with Crippen molar-refractivity contribution in [2.45, 2.75) is 26.4 Å². The van der Waals surface area contributed by atoms with Crippen molar-refractivity contribution in [2.75, 3.05) is 6.61 Å². The van der Waals surface area contributed by atoms with E-state index in [2.05, 4.69) is 22.0 Å². The fourth-order valence-corrected chi connectivity index (χ4v) is 3.79. The van der Waals surface area contributed by atoms with E-state index in [4.69, 9.17) is 31.5 Å². The molecule has 1 aliphatic heterocycles. The molecule has 1 atom stereocenters. The lowest BCUT2D eigenvalue weighted by molar-refractivity contribution is -0.139. The highest BCUT2D eigenvalue weighted by molar-refractivity contribution is 9.10. The molecule has 0 fully saturated rings. The van der Waals surface area contributed by atoms with Gasteiger partial charge in [-0.15, -0.1) is 0 Å². The second-order valence-corrected chi connectivity index (χ2v) is 8.06. The first-order chi connectivity index (χ1) is 14.8. The van der Waals surface area contributed by atoms with Crippen molar-refractivity contribution in [2.24, 2.45) is 5.73 Å². The van der Waals surface area contributed by atoms with Crippen LogP contribution in [0.15, 0.2) is 69.7 Å². The van der Waals surface area contributed by atoms with Crippen LogP contribution in [-0.4, -0.2) is 12.6 Å². The van der Waals surface area contributed by atoms with E-state index in [-0.39, 0.29) is 36.0 Å². The SMILES string of the molecule is CCOC(=O)C1=C(C)OC(N)=C(C#N)C1c1cc(Br)ccc1OCc1ccc(Cl)cc1. The fraction of sp³-hybridized carbons (Fsp3) is 0.217. The maximum absolute atomic E-state index is 12.8. The minimum Gasteiger partial charge on any atom is -0.489 e. The van der Waals surface area contributed by atoms with Crippen LogP contribution in [-0.2, 0) is 20.9 Å². The standard InChI is InChI=1S/C23H20BrClN2O4/c1-3-29-23(28)20-13(2)31-22(27)18(11-26)21(20)17-10-15(24)6-9-19(17)30-12-14-4-7-16(25)8-5-14/h4-10,21H,3,12,27H2,1-2H3. The highest BCUT2D eigenvalue weighted by Crippen LogP contribution is 2.44. The highest BCUT2D eigenvalue weighted by Gasteiger charge is 2.38. The molecule has 31 heavy (non-hydrogen) atoms. The summed E-state index contributed by atoms with van der Waals surface area (Å²) in [5.41, 5.74) is 7.83. The third kappa shape index (κ3) is 5.04. The van der Waals surface area contributed by atoms with Crippen LogP contribution in [0.4, 0.5) is 0 Å². The Morgan fingerprint density at radius 1 is 1.29 bits per heavy atom. The molecule has 0 saturated heterocycles. The van der Waals surface area contributed by atoms with Gasteiger partial charge in [-0.1, -0.05) is 39.7 Å². The molecule has 0 bridgehead atoms. The average Bonchev–Trinajstić information content (AvgIpc) is 2.73. The molecule has 0 saturated carbocycles. The van der Waals surface area contributed by atoms with E-state index in [9.17, 15) is 10.1 Å². The summed E-state index contributed by atoms with van der Waals surface area (Å²) in [5.74, 6) is -0.644. The number of nitrogens with zero attached hydrogens (tertiary/aromatic N) is 1. The van der Waals surface area contributed by atoms with Crippen molar-refractivity contribution in [3.63, 3.8) is 0 Å². The van der Waals surface area contributed by atoms with Gasteiger partial charge in [0.2, 0.25) is 5.88 Å². The van der Waals surface area contributed by atoms with Crippen molar-refractivity contribution in [3.8, 4) is 11.8 Å². The van der Waals surface area contributed by atoms with E-state index < -0.39 is 11.9 Å². The van der Waals surface area contributed by atoms with E-state index in [0.29, 0.717) is 16.3 Å². The maximum atomic E-state index is 12.8. The second-order valence-electron chi connectivity index (χ2n) is 6.71. The number of esters is 1. The molecule has 160 valence electrons. The molecular weight excluding hydrogens is 484 g/mol. The summed E-state index contributed by atoms with van der Waals surface area (Å²) in [6.07, 6.45) is 0. The Morgan fingerprint density at radius 3 is 2.65 bits per heavy atom. The van der Waals surface area contributed by atoms with E-state index >= 15 is 0 Å². The van der Waals surface area contributed by atoms with Gasteiger partial charge in [-0.25, -0.2) is 4.79 Å². The van der Waals surface area contributed by atoms with Crippen LogP contribution in [0, 0.1) is 11.3 Å². The summed E-state index contributed by atoms with van der Waals surface area (Å²) in [5, 5.41) is 10.4. The summed E-state index contributed by atoms with van der Waals surface area (Å²) in [6, 6.07) is 14.8. The van der Waals surface area contributed by atoms with Crippen LogP contribution in [0.5, 0.6) is 5.75 Å². The fourth-order valence-electron chi connectivity index (χ4n) is 3.28. The number of allylic oxidation sites excluding steroid dienone is 2. The van der Waals surface area contributed by atoms with Crippen LogP contribution in [0.3, 0.4) is 0 Å². The zero-order valence-corrected chi connectivity index (χ0v) is 19.3. The van der Waals surface area contributed by atoms with Gasteiger partial charge in [0.15, 0.2) is 0 Å². The van der Waals surface area contributed by atoms with E-state index in [1.54, 1.807) is 38.1 Å². The summed E-state index contributed by atoms with van der Waals surface area (Å²) < 4.78 is 17.5. The Bertz CT molecular complexity index is 1100. The molecule has 2 aromatic rings. The van der Waals surface area contributed by atoms with Gasteiger partial charge in [-0.05, 0) is 49.7 Å². The Morgan fingerprint density at radius 2 is 2.00 bits per heavy atom. The first-order valence-electron chi connectivity index (χ1n) is 9.47. The molecule has 2 aromatic carbocycles. The number of nitrogens with two attached hydrogens (primary N) is 1. The Kier molecular flexibility index (Phi) is 7.26. The monoisotopic (exact) mass is 502 g/mol. The van der Waals surface area contributed by atoms with Crippen LogP contribution in [0.2, 0.25) is 5.02 Å². The van der Waals surface area contributed by atoms with E-state index in [1.807, 2.05) is 18.2 Å². The lowest BCUT2D eigenvalue weighted by Crippen LogP contribution is -2.26. The van der Waals surface area contributed by atoms with Crippen LogP contribution in [0.1, 0.15) is 30.9 Å². The molecule has 2 N–H and O–H groups in total. The van der Waals surface area contributed by atoms with Gasteiger partial charge in [-0.3, -0.25) is 0 Å². The normalized spacial score (nSPS) is 15.9. The third-order valence-electron chi connectivity index (χ3n) is 4.69. The van der Waals surface area contributed by atoms with Gasteiger partial charge < -0.3 is 19.9 Å². The Labute approximate surface area is 194 Å². The van der Waals surface area contributed by atoms with Gasteiger partial charge in [0, 0.05) is 15.1 Å². The van der Waals surface area contributed by atoms with Gasteiger partial charge in [0.25, 0.3) is 0 Å². The number of carbonyl (C=O) groups is 1. The number of rotatable bonds is 6. The Balaban J connectivity index is 2.07. The van der Waals surface area contributed by atoms with Gasteiger partial charge in [-0.2, -0.15) is 5.26 Å². The molecule has 0 amide bonds. The number of nitriles is 1. The predicted molar refractivity (Wildman–Crippen MR) is 120 cm³/mol. The molecule has 6 nitrogen and oxygen atoms in total. The molecule has 8 heteroatoms. The lowest BCUT2D eigenvalue weighted by Gasteiger charge is -2.28. The zero-order valence-electron chi connectivity index (χ0n) is 16.9. The third-order valence-corrected chi connectivity index (χ3v) is 5.44. The van der Waals surface area contributed by atoms with Gasteiger partial charge in [0.1, 0.15) is 29.8 Å². The lowest BCUT2D eigenvalue weighted by atomic mass is 9.82. The van der Waals surface area contributed by atoms with Crippen LogP contribution < -0.4 is 10.5 Å². The summed E-state index contributed by atoms with van der Waals surface area (Å²) >= 11 is 9.41. The Hall–Kier alpha value is -2.95. The quantitative estimate of drug-likeness (QED) is 0.536. The topological polar surface area (TPSA) is 94.6 Å². The minimum atomic E-state index is -0.796. The van der Waals surface area contributed by atoms with Gasteiger partial charge in [0.05, 0.1) is 18.1 Å². The number of hydrogen-bond acceptors (Lipinski definition) is 6. The van der Waals surface area contributed by atoms with Crippen LogP contribution in [0.25, 0.3) is 0 Å². The van der Waals surface area contributed by atoms with Crippen molar-refractivity contribution in [3.05, 3.63) is 85.9 Å². The van der Waals surface area contributed by atoms with Gasteiger partial charge >= 0.3 is 5.97 Å². The number of ether oxygens (including phenoxy) is 3. The first kappa shape index (κ1) is 22.7. The number of benzene rings is 2. The molecule has 1 heterocycles. The molecule has 1 aliphatic rings.